The van der Waals surface area contributed by atoms with E-state index in [9.17, 15) is 18.0 Å². The first-order chi connectivity index (χ1) is 13.1. The molecule has 2 N–H and O–H groups in total. The fraction of sp³-hybridized carbons (Fsp3) is 0.222. The Bertz CT molecular complexity index is 962. The van der Waals surface area contributed by atoms with Crippen LogP contribution in [0.4, 0.5) is 5.69 Å². The molecule has 28 heavy (non-hydrogen) atoms. The van der Waals surface area contributed by atoms with E-state index in [1.54, 1.807) is 18.2 Å². The smallest absolute Gasteiger partial charge is 0.269 e. The second-order valence-corrected chi connectivity index (χ2v) is 8.64. The van der Waals surface area contributed by atoms with E-state index in [4.69, 9.17) is 11.6 Å². The first-order valence-corrected chi connectivity index (χ1v) is 10.0. The number of nitrogens with zero attached hydrogens (tertiary/aromatic N) is 2. The van der Waals surface area contributed by atoms with Crippen LogP contribution in [0.3, 0.4) is 0 Å². The summed E-state index contributed by atoms with van der Waals surface area (Å²) in [6.07, 6.45) is 0. The molecule has 0 unspecified atom stereocenters. The van der Waals surface area contributed by atoms with Crippen molar-refractivity contribution in [2.75, 3.05) is 32.6 Å². The molecule has 0 radical (unpaired) electrons. The van der Waals surface area contributed by atoms with Gasteiger partial charge in [-0.1, -0.05) is 17.7 Å². The molecule has 0 aliphatic rings. The number of hydrogen-bond acceptors (Lipinski definition) is 5. The third-order valence-electron chi connectivity index (χ3n) is 3.83. The molecule has 0 atom stereocenters. The molecule has 0 spiro atoms. The molecule has 0 fully saturated rings. The predicted molar refractivity (Wildman–Crippen MR) is 108 cm³/mol. The normalized spacial score (nSPS) is 11.2. The van der Waals surface area contributed by atoms with Gasteiger partial charge in [0, 0.05) is 37.4 Å². The van der Waals surface area contributed by atoms with E-state index in [1.165, 1.54) is 31.3 Å². The lowest BCUT2D eigenvalue weighted by atomic mass is 10.2. The predicted octanol–water partition coefficient (Wildman–Crippen LogP) is 1.49. The molecule has 8 nitrogen and oxygen atoms in total. The maximum atomic E-state index is 12.5. The minimum atomic E-state index is -3.86. The number of nitrogens with one attached hydrogen (secondary N) is 2. The van der Waals surface area contributed by atoms with Crippen LogP contribution in [0.15, 0.2) is 53.4 Å². The van der Waals surface area contributed by atoms with Crippen LogP contribution in [0.5, 0.6) is 0 Å². The molecule has 2 aromatic rings. The molecular weight excluding hydrogens is 404 g/mol. The van der Waals surface area contributed by atoms with Crippen molar-refractivity contribution in [3.05, 3.63) is 59.1 Å². The number of benzene rings is 2. The fourth-order valence-electron chi connectivity index (χ4n) is 2.24. The SMILES string of the molecule is CN(C)c1cccc(C(=O)NNC(=O)CN(C)S(=O)(=O)c2ccc(Cl)cc2)c1. The minimum absolute atomic E-state index is 0.0109. The van der Waals surface area contributed by atoms with E-state index in [1.807, 2.05) is 25.1 Å². The number of carbonyl (C=O) groups excluding carboxylic acids is 2. The molecule has 2 rings (SSSR count). The molecule has 150 valence electrons. The highest BCUT2D eigenvalue weighted by Gasteiger charge is 2.23. The van der Waals surface area contributed by atoms with Gasteiger partial charge in [-0.15, -0.1) is 0 Å². The van der Waals surface area contributed by atoms with E-state index >= 15 is 0 Å². The van der Waals surface area contributed by atoms with Crippen LogP contribution in [0.1, 0.15) is 10.4 Å². The Morgan fingerprint density at radius 2 is 1.64 bits per heavy atom. The Morgan fingerprint density at radius 3 is 2.25 bits per heavy atom. The zero-order valence-corrected chi connectivity index (χ0v) is 17.2. The van der Waals surface area contributed by atoms with E-state index in [-0.39, 0.29) is 4.90 Å². The number of halogens is 1. The quantitative estimate of drug-likeness (QED) is 0.684. The van der Waals surface area contributed by atoms with Crippen LogP contribution < -0.4 is 15.8 Å². The number of hydrazine groups is 1. The number of amides is 2. The Kier molecular flexibility index (Phi) is 7.00. The van der Waals surface area contributed by atoms with Crippen LogP contribution >= 0.6 is 11.6 Å². The van der Waals surface area contributed by atoms with Gasteiger partial charge in [0.2, 0.25) is 10.0 Å². The topological polar surface area (TPSA) is 98.8 Å². The van der Waals surface area contributed by atoms with Gasteiger partial charge in [0.25, 0.3) is 11.8 Å². The highest BCUT2D eigenvalue weighted by Crippen LogP contribution is 2.17. The largest absolute Gasteiger partial charge is 0.378 e. The Balaban J connectivity index is 1.95. The van der Waals surface area contributed by atoms with E-state index in [0.717, 1.165) is 9.99 Å². The van der Waals surface area contributed by atoms with Crippen LogP contribution in [0.2, 0.25) is 5.02 Å². The van der Waals surface area contributed by atoms with Crippen LogP contribution in [-0.4, -0.2) is 52.2 Å². The standard InChI is InChI=1S/C18H21ClN4O4S/c1-22(2)15-6-4-5-13(11-15)18(25)21-20-17(24)12-23(3)28(26,27)16-9-7-14(19)8-10-16/h4-11H,12H2,1-3H3,(H,20,24)(H,21,25). The fourth-order valence-corrected chi connectivity index (χ4v) is 3.49. The van der Waals surface area contributed by atoms with Crippen LogP contribution in [-0.2, 0) is 14.8 Å². The first kappa shape index (κ1) is 21.7. The minimum Gasteiger partial charge on any atom is -0.378 e. The van der Waals surface area contributed by atoms with Gasteiger partial charge in [-0.25, -0.2) is 8.42 Å². The molecule has 0 saturated carbocycles. The third kappa shape index (κ3) is 5.44. The molecule has 0 heterocycles. The van der Waals surface area contributed by atoms with Gasteiger partial charge in [-0.3, -0.25) is 20.4 Å². The lowest BCUT2D eigenvalue weighted by Gasteiger charge is -2.17. The second kappa shape index (κ2) is 9.05. The van der Waals surface area contributed by atoms with Crippen molar-refractivity contribution < 1.29 is 18.0 Å². The van der Waals surface area contributed by atoms with Gasteiger partial charge in [-0.05, 0) is 42.5 Å². The molecular formula is C18H21ClN4O4S. The number of carbonyl (C=O) groups is 2. The number of sulfonamides is 1. The number of hydrogen-bond donors (Lipinski definition) is 2. The number of likely N-dealkylation sites (N-methyl/N-ethyl adjacent to an activating group) is 1. The zero-order chi connectivity index (χ0) is 20.9. The summed E-state index contributed by atoms with van der Waals surface area (Å²) >= 11 is 5.76. The molecule has 0 aromatic heterocycles. The molecule has 0 aliphatic carbocycles. The third-order valence-corrected chi connectivity index (χ3v) is 5.90. The van der Waals surface area contributed by atoms with Crippen molar-refractivity contribution >= 4 is 39.1 Å². The summed E-state index contributed by atoms with van der Waals surface area (Å²) in [5.74, 6) is -1.20. The summed E-state index contributed by atoms with van der Waals surface area (Å²) in [6.45, 7) is -0.469. The Morgan fingerprint density at radius 1 is 1.00 bits per heavy atom. The first-order valence-electron chi connectivity index (χ1n) is 8.20. The van der Waals surface area contributed by atoms with Gasteiger partial charge >= 0.3 is 0 Å². The molecule has 0 bridgehead atoms. The van der Waals surface area contributed by atoms with Crippen molar-refractivity contribution in [2.24, 2.45) is 0 Å². The average molecular weight is 425 g/mol. The van der Waals surface area contributed by atoms with Crippen molar-refractivity contribution in [1.29, 1.82) is 0 Å². The summed E-state index contributed by atoms with van der Waals surface area (Å²) in [4.78, 5) is 26.1. The van der Waals surface area contributed by atoms with Crippen molar-refractivity contribution in [2.45, 2.75) is 4.90 Å². The molecule has 10 heteroatoms. The zero-order valence-electron chi connectivity index (χ0n) is 15.6. The van der Waals surface area contributed by atoms with Gasteiger partial charge in [0.15, 0.2) is 0 Å². The van der Waals surface area contributed by atoms with Gasteiger partial charge < -0.3 is 4.90 Å². The van der Waals surface area contributed by atoms with E-state index in [0.29, 0.717) is 10.6 Å². The monoisotopic (exact) mass is 424 g/mol. The summed E-state index contributed by atoms with van der Waals surface area (Å²) in [5.41, 5.74) is 5.67. The van der Waals surface area contributed by atoms with Crippen LogP contribution in [0, 0.1) is 0 Å². The highest BCUT2D eigenvalue weighted by molar-refractivity contribution is 7.89. The molecule has 2 aromatic carbocycles. The maximum absolute atomic E-state index is 12.5. The lowest BCUT2D eigenvalue weighted by molar-refractivity contribution is -0.121. The summed E-state index contributed by atoms with van der Waals surface area (Å²) in [7, 11) is 1.09. The van der Waals surface area contributed by atoms with E-state index in [2.05, 4.69) is 10.9 Å². The summed E-state index contributed by atoms with van der Waals surface area (Å²) in [6, 6.07) is 12.4. The highest BCUT2D eigenvalue weighted by atomic mass is 35.5. The average Bonchev–Trinajstić information content (AvgIpc) is 2.66. The van der Waals surface area contributed by atoms with Gasteiger partial charge in [0.1, 0.15) is 0 Å². The number of rotatable bonds is 6. The Labute approximate surface area is 169 Å². The van der Waals surface area contributed by atoms with Gasteiger partial charge in [-0.2, -0.15) is 4.31 Å². The Hall–Kier alpha value is -2.62. The second-order valence-electron chi connectivity index (χ2n) is 6.16. The van der Waals surface area contributed by atoms with Crippen molar-refractivity contribution in [3.63, 3.8) is 0 Å². The van der Waals surface area contributed by atoms with E-state index < -0.39 is 28.4 Å². The molecule has 0 saturated heterocycles. The van der Waals surface area contributed by atoms with Crippen LogP contribution in [0.25, 0.3) is 0 Å². The summed E-state index contributed by atoms with van der Waals surface area (Å²) in [5, 5.41) is 0.403. The number of anilines is 1. The molecule has 0 aliphatic heterocycles. The van der Waals surface area contributed by atoms with Crippen molar-refractivity contribution in [3.8, 4) is 0 Å². The summed E-state index contributed by atoms with van der Waals surface area (Å²) < 4.78 is 25.8. The van der Waals surface area contributed by atoms with Gasteiger partial charge in [0.05, 0.1) is 11.4 Å². The maximum Gasteiger partial charge on any atom is 0.269 e. The van der Waals surface area contributed by atoms with Crippen molar-refractivity contribution in [1.82, 2.24) is 15.2 Å². The molecule has 2 amide bonds. The lowest BCUT2D eigenvalue weighted by Crippen LogP contribution is -2.46.